The molecule has 1 aromatic carbocycles. The molecular formula is C12H16ClNO3. The van der Waals surface area contributed by atoms with Crippen LogP contribution in [0.2, 0.25) is 5.02 Å². The highest BCUT2D eigenvalue weighted by molar-refractivity contribution is 6.30. The first-order chi connectivity index (χ1) is 8.04. The Morgan fingerprint density at radius 2 is 2.29 bits per heavy atom. The number of ether oxygens (including phenoxy) is 1. The largest absolute Gasteiger partial charge is 0.479 e. The molecule has 4 nitrogen and oxygen atoms in total. The molecule has 0 amide bonds. The van der Waals surface area contributed by atoms with E-state index in [9.17, 15) is 4.79 Å². The second-order valence-corrected chi connectivity index (χ2v) is 4.22. The lowest BCUT2D eigenvalue weighted by atomic mass is 10.2. The molecule has 0 spiro atoms. The fourth-order valence-electron chi connectivity index (χ4n) is 1.43. The van der Waals surface area contributed by atoms with Gasteiger partial charge in [0.25, 0.3) is 0 Å². The van der Waals surface area contributed by atoms with Crippen molar-refractivity contribution >= 4 is 17.6 Å². The molecule has 1 aromatic rings. The zero-order valence-electron chi connectivity index (χ0n) is 9.65. The quantitative estimate of drug-likeness (QED) is 0.820. The van der Waals surface area contributed by atoms with Gasteiger partial charge in [-0.1, -0.05) is 11.6 Å². The van der Waals surface area contributed by atoms with Crippen LogP contribution in [0, 0.1) is 6.92 Å². The van der Waals surface area contributed by atoms with E-state index in [4.69, 9.17) is 27.2 Å². The Kier molecular flexibility index (Phi) is 5.25. The number of nitrogens with two attached hydrogens (primary N) is 1. The van der Waals surface area contributed by atoms with Gasteiger partial charge in [-0.05, 0) is 50.1 Å². The minimum Gasteiger partial charge on any atom is -0.479 e. The van der Waals surface area contributed by atoms with Gasteiger partial charge in [0.2, 0.25) is 0 Å². The van der Waals surface area contributed by atoms with Gasteiger partial charge in [-0.25, -0.2) is 4.79 Å². The zero-order valence-corrected chi connectivity index (χ0v) is 10.4. The summed E-state index contributed by atoms with van der Waals surface area (Å²) in [5.41, 5.74) is 6.17. The van der Waals surface area contributed by atoms with Crippen LogP contribution < -0.4 is 10.5 Å². The van der Waals surface area contributed by atoms with E-state index in [1.807, 2.05) is 6.92 Å². The molecule has 0 heterocycles. The predicted molar refractivity (Wildman–Crippen MR) is 66.5 cm³/mol. The van der Waals surface area contributed by atoms with E-state index in [2.05, 4.69) is 0 Å². The molecule has 0 aliphatic carbocycles. The van der Waals surface area contributed by atoms with Gasteiger partial charge in [-0.3, -0.25) is 0 Å². The number of rotatable bonds is 6. The summed E-state index contributed by atoms with van der Waals surface area (Å²) in [6.07, 6.45) is 0.149. The third kappa shape index (κ3) is 4.24. The number of aliphatic carboxylic acids is 1. The molecule has 0 radical (unpaired) electrons. The second-order valence-electron chi connectivity index (χ2n) is 3.79. The number of benzene rings is 1. The smallest absolute Gasteiger partial charge is 0.344 e. The summed E-state index contributed by atoms with van der Waals surface area (Å²) in [6.45, 7) is 2.27. The molecule has 17 heavy (non-hydrogen) atoms. The Morgan fingerprint density at radius 3 is 2.82 bits per heavy atom. The van der Waals surface area contributed by atoms with Crippen molar-refractivity contribution in [1.82, 2.24) is 0 Å². The van der Waals surface area contributed by atoms with Crippen LogP contribution in [-0.2, 0) is 4.79 Å². The van der Waals surface area contributed by atoms with Crippen LogP contribution in [0.5, 0.6) is 5.75 Å². The van der Waals surface area contributed by atoms with Crippen LogP contribution >= 0.6 is 11.6 Å². The summed E-state index contributed by atoms with van der Waals surface area (Å²) >= 11 is 5.81. The van der Waals surface area contributed by atoms with Gasteiger partial charge in [0, 0.05) is 5.02 Å². The van der Waals surface area contributed by atoms with Gasteiger partial charge < -0.3 is 15.6 Å². The van der Waals surface area contributed by atoms with Crippen molar-refractivity contribution in [2.24, 2.45) is 5.73 Å². The first-order valence-corrected chi connectivity index (χ1v) is 5.78. The molecule has 0 aliphatic heterocycles. The molecule has 5 heteroatoms. The number of aryl methyl sites for hydroxylation is 1. The molecule has 0 saturated carbocycles. The van der Waals surface area contributed by atoms with Crippen LogP contribution in [0.3, 0.4) is 0 Å². The first kappa shape index (κ1) is 13.8. The van der Waals surface area contributed by atoms with Crippen molar-refractivity contribution in [1.29, 1.82) is 0 Å². The fourth-order valence-corrected chi connectivity index (χ4v) is 1.66. The molecule has 0 saturated heterocycles. The van der Waals surface area contributed by atoms with E-state index in [0.29, 0.717) is 30.2 Å². The molecule has 0 bridgehead atoms. The number of halogens is 1. The summed E-state index contributed by atoms with van der Waals surface area (Å²) < 4.78 is 5.45. The lowest BCUT2D eigenvalue weighted by Crippen LogP contribution is -2.28. The third-order valence-corrected chi connectivity index (χ3v) is 2.59. The highest BCUT2D eigenvalue weighted by Crippen LogP contribution is 2.23. The topological polar surface area (TPSA) is 72.5 Å². The molecule has 1 rings (SSSR count). The number of hydrogen-bond donors (Lipinski definition) is 2. The Balaban J connectivity index is 2.75. The maximum atomic E-state index is 11.0. The fraction of sp³-hybridized carbons (Fsp3) is 0.417. The van der Waals surface area contributed by atoms with E-state index >= 15 is 0 Å². The van der Waals surface area contributed by atoms with E-state index in [-0.39, 0.29) is 0 Å². The van der Waals surface area contributed by atoms with E-state index in [1.54, 1.807) is 18.2 Å². The Labute approximate surface area is 105 Å². The summed E-state index contributed by atoms with van der Waals surface area (Å²) in [4.78, 5) is 11.0. The van der Waals surface area contributed by atoms with Crippen LogP contribution in [0.4, 0.5) is 0 Å². The number of carboxylic acids is 1. The third-order valence-electron chi connectivity index (χ3n) is 2.35. The molecule has 1 unspecified atom stereocenters. The van der Waals surface area contributed by atoms with Crippen LogP contribution in [0.1, 0.15) is 18.4 Å². The molecule has 3 N–H and O–H groups in total. The van der Waals surface area contributed by atoms with E-state index < -0.39 is 12.1 Å². The van der Waals surface area contributed by atoms with Crippen molar-refractivity contribution in [3.8, 4) is 5.75 Å². The normalized spacial score (nSPS) is 12.2. The maximum absolute atomic E-state index is 11.0. The van der Waals surface area contributed by atoms with E-state index in [1.165, 1.54) is 0 Å². The number of carbonyl (C=O) groups is 1. The highest BCUT2D eigenvalue weighted by atomic mass is 35.5. The number of hydrogen-bond acceptors (Lipinski definition) is 3. The summed E-state index contributed by atoms with van der Waals surface area (Å²) in [5.74, 6) is -0.438. The average molecular weight is 258 g/mol. The second kappa shape index (κ2) is 6.47. The van der Waals surface area contributed by atoms with Crippen LogP contribution in [-0.4, -0.2) is 23.7 Å². The lowest BCUT2D eigenvalue weighted by molar-refractivity contribution is -0.145. The van der Waals surface area contributed by atoms with Crippen LogP contribution in [0.25, 0.3) is 0 Å². The minimum atomic E-state index is -0.979. The van der Waals surface area contributed by atoms with Crippen molar-refractivity contribution in [3.63, 3.8) is 0 Å². The van der Waals surface area contributed by atoms with Crippen LogP contribution in [0.15, 0.2) is 18.2 Å². The van der Waals surface area contributed by atoms with Crippen molar-refractivity contribution in [2.45, 2.75) is 25.9 Å². The summed E-state index contributed by atoms with van der Waals surface area (Å²) in [7, 11) is 0. The van der Waals surface area contributed by atoms with Gasteiger partial charge in [-0.2, -0.15) is 0 Å². The van der Waals surface area contributed by atoms with Crippen molar-refractivity contribution in [2.75, 3.05) is 6.54 Å². The maximum Gasteiger partial charge on any atom is 0.344 e. The first-order valence-electron chi connectivity index (χ1n) is 5.40. The van der Waals surface area contributed by atoms with Gasteiger partial charge in [-0.15, -0.1) is 0 Å². The zero-order chi connectivity index (χ0) is 12.8. The lowest BCUT2D eigenvalue weighted by Gasteiger charge is -2.16. The molecule has 0 fully saturated rings. The van der Waals surface area contributed by atoms with Gasteiger partial charge in [0.05, 0.1) is 0 Å². The summed E-state index contributed by atoms with van der Waals surface area (Å²) in [6, 6.07) is 5.08. The number of carboxylic acid groups (broad SMARTS) is 1. The monoisotopic (exact) mass is 257 g/mol. The molecule has 0 aliphatic rings. The van der Waals surface area contributed by atoms with Gasteiger partial charge in [0.1, 0.15) is 5.75 Å². The highest BCUT2D eigenvalue weighted by Gasteiger charge is 2.19. The Morgan fingerprint density at radius 1 is 1.59 bits per heavy atom. The molecule has 1 atom stereocenters. The predicted octanol–water partition coefficient (Wildman–Crippen LogP) is 2.22. The summed E-state index contributed by atoms with van der Waals surface area (Å²) in [5, 5.41) is 9.62. The Hall–Kier alpha value is -1.26. The molecular weight excluding hydrogens is 242 g/mol. The average Bonchev–Trinajstić information content (AvgIpc) is 2.26. The van der Waals surface area contributed by atoms with E-state index in [0.717, 1.165) is 5.56 Å². The van der Waals surface area contributed by atoms with Gasteiger partial charge >= 0.3 is 5.97 Å². The molecule has 0 aromatic heterocycles. The minimum absolute atomic E-state index is 0.397. The van der Waals surface area contributed by atoms with Crippen molar-refractivity contribution < 1.29 is 14.6 Å². The van der Waals surface area contributed by atoms with Gasteiger partial charge in [0.15, 0.2) is 6.10 Å². The molecule has 94 valence electrons. The van der Waals surface area contributed by atoms with Crippen molar-refractivity contribution in [3.05, 3.63) is 28.8 Å². The standard InChI is InChI=1S/C12H16ClNO3/c1-8-7-9(13)4-5-10(8)17-11(12(15)16)3-2-6-14/h4-5,7,11H,2-3,6,14H2,1H3,(H,15,16). The Bertz CT molecular complexity index is 395. The SMILES string of the molecule is Cc1cc(Cl)ccc1OC(CCCN)C(=O)O.